The first-order chi connectivity index (χ1) is 20.2. The molecule has 3 amide bonds. The van der Waals surface area contributed by atoms with Crippen LogP contribution in [0.25, 0.3) is 5.57 Å². The number of alkyl halides is 4. The summed E-state index contributed by atoms with van der Waals surface area (Å²) < 4.78 is 74.5. The number of hydrogen-bond donors (Lipinski definition) is 1. The highest BCUT2D eigenvalue weighted by molar-refractivity contribution is 6.11. The molecule has 1 saturated heterocycles. The quantitative estimate of drug-likeness (QED) is 0.483. The highest BCUT2D eigenvalue weighted by atomic mass is 19.3. The van der Waals surface area contributed by atoms with Gasteiger partial charge in [0.25, 0.3) is 18.3 Å². The second kappa shape index (κ2) is 11.7. The molecule has 1 aliphatic carbocycles. The van der Waals surface area contributed by atoms with Gasteiger partial charge in [-0.3, -0.25) is 14.5 Å². The predicted octanol–water partition coefficient (Wildman–Crippen LogP) is 4.35. The number of likely N-dealkylation sites (N-methyl/N-ethyl adjacent to an activating group) is 1. The molecule has 0 aromatic heterocycles. The van der Waals surface area contributed by atoms with Crippen molar-refractivity contribution in [2.75, 3.05) is 43.4 Å². The van der Waals surface area contributed by atoms with E-state index in [1.807, 2.05) is 25.8 Å². The average Bonchev–Trinajstić information content (AvgIpc) is 3.41. The van der Waals surface area contributed by atoms with Crippen LogP contribution in [0.1, 0.15) is 32.3 Å². The number of aliphatic imine (C=N–C) groups is 1. The normalized spacial score (nSPS) is 25.9. The Morgan fingerprint density at radius 3 is 2.44 bits per heavy atom. The lowest BCUT2D eigenvalue weighted by atomic mass is 9.91. The number of nitrogens with one attached hydrogen (secondary N) is 1. The number of piperazine rings is 1. The fourth-order valence-electron chi connectivity index (χ4n) is 5.70. The first kappa shape index (κ1) is 30.6. The van der Waals surface area contributed by atoms with E-state index in [4.69, 9.17) is 4.74 Å². The van der Waals surface area contributed by atoms with Crippen molar-refractivity contribution in [1.82, 2.24) is 9.80 Å². The molecule has 3 aliphatic heterocycles. The van der Waals surface area contributed by atoms with Crippen molar-refractivity contribution < 1.29 is 41.1 Å². The van der Waals surface area contributed by atoms with Gasteiger partial charge in [0, 0.05) is 74.5 Å². The molecule has 3 atom stereocenters. The third-order valence-electron chi connectivity index (χ3n) is 8.42. The lowest BCUT2D eigenvalue weighted by Gasteiger charge is -2.44. The fraction of sp³-hybridized carbons (Fsp3) is 0.517. The second-order valence-electron chi connectivity index (χ2n) is 11.5. The van der Waals surface area contributed by atoms with Gasteiger partial charge in [0.15, 0.2) is 0 Å². The summed E-state index contributed by atoms with van der Waals surface area (Å²) in [6, 6.07) is 2.80. The second-order valence-corrected chi connectivity index (χ2v) is 11.5. The van der Waals surface area contributed by atoms with Gasteiger partial charge >= 0.3 is 6.09 Å². The molecule has 1 unspecified atom stereocenters. The van der Waals surface area contributed by atoms with Gasteiger partial charge in [0.05, 0.1) is 11.4 Å². The van der Waals surface area contributed by atoms with Crippen molar-refractivity contribution in [1.29, 1.82) is 0 Å². The van der Waals surface area contributed by atoms with Gasteiger partial charge in [-0.05, 0) is 38.6 Å². The third kappa shape index (κ3) is 6.43. The number of carbonyl (C=O) groups is 3. The van der Waals surface area contributed by atoms with Gasteiger partial charge < -0.3 is 19.9 Å². The van der Waals surface area contributed by atoms with Gasteiger partial charge in [-0.1, -0.05) is 6.08 Å². The number of ether oxygens (including phenoxy) is 1. The van der Waals surface area contributed by atoms with Gasteiger partial charge in [-0.25, -0.2) is 31.7 Å². The highest BCUT2D eigenvalue weighted by Crippen LogP contribution is 2.40. The standard InChI is InChI=1S/C29H32F5N5O4/c1-15-12-39(13-16(2)37(15)3)24-8-22(30)19(17-4-5-38(14-17)28(42)43-18-9-29(33,34)10-18)6-23(24)36-27(41)21-11-35-25(40)7-20(21)26(31)32/h4,6-8,11,15-16,18,21,26H,5,9-10,12-14H2,1-3H3,(H,36,41)/t15-,16+,21?. The minimum absolute atomic E-state index is 0.0583. The van der Waals surface area contributed by atoms with Crippen LogP contribution < -0.4 is 10.2 Å². The van der Waals surface area contributed by atoms with Crippen LogP contribution in [0.4, 0.5) is 38.1 Å². The van der Waals surface area contributed by atoms with Crippen LogP contribution in [-0.2, 0) is 14.3 Å². The molecule has 2 fully saturated rings. The van der Waals surface area contributed by atoms with E-state index < -0.39 is 66.5 Å². The monoisotopic (exact) mass is 609 g/mol. The molecule has 1 aromatic carbocycles. The van der Waals surface area contributed by atoms with Crippen molar-refractivity contribution in [2.45, 2.75) is 57.2 Å². The van der Waals surface area contributed by atoms with Crippen molar-refractivity contribution in [3.05, 3.63) is 41.2 Å². The van der Waals surface area contributed by atoms with Crippen LogP contribution >= 0.6 is 0 Å². The summed E-state index contributed by atoms with van der Waals surface area (Å²) in [5.41, 5.74) is 0.266. The van der Waals surface area contributed by atoms with E-state index in [9.17, 15) is 31.9 Å². The smallest absolute Gasteiger partial charge is 0.410 e. The number of halogens is 5. The Hall–Kier alpha value is -3.81. The Morgan fingerprint density at radius 1 is 1.14 bits per heavy atom. The Kier molecular flexibility index (Phi) is 8.34. The molecule has 1 N–H and O–H groups in total. The number of carbonyl (C=O) groups excluding carboxylic acids is 3. The molecule has 1 saturated carbocycles. The van der Waals surface area contributed by atoms with Gasteiger partial charge in [-0.15, -0.1) is 0 Å². The number of amides is 3. The molecule has 232 valence electrons. The van der Waals surface area contributed by atoms with Crippen molar-refractivity contribution in [3.63, 3.8) is 0 Å². The van der Waals surface area contributed by atoms with Gasteiger partial charge in [0.1, 0.15) is 17.8 Å². The van der Waals surface area contributed by atoms with Gasteiger partial charge in [0.2, 0.25) is 5.91 Å². The molecular formula is C29H32F5N5O4. The third-order valence-corrected chi connectivity index (χ3v) is 8.42. The van der Waals surface area contributed by atoms with Crippen LogP contribution in [0, 0.1) is 11.7 Å². The van der Waals surface area contributed by atoms with E-state index in [0.29, 0.717) is 30.4 Å². The molecule has 4 aliphatic rings. The molecule has 0 spiro atoms. The molecule has 14 heteroatoms. The summed E-state index contributed by atoms with van der Waals surface area (Å²) >= 11 is 0. The first-order valence-corrected chi connectivity index (χ1v) is 13.9. The topological polar surface area (TPSA) is 94.5 Å². The zero-order valence-corrected chi connectivity index (χ0v) is 23.8. The molecular weight excluding hydrogens is 577 g/mol. The maximum Gasteiger partial charge on any atom is 0.410 e. The zero-order valence-electron chi connectivity index (χ0n) is 23.8. The minimum Gasteiger partial charge on any atom is -0.446 e. The molecule has 9 nitrogen and oxygen atoms in total. The lowest BCUT2D eigenvalue weighted by Crippen LogP contribution is -2.55. The minimum atomic E-state index is -3.07. The fourth-order valence-corrected chi connectivity index (χ4v) is 5.70. The highest BCUT2D eigenvalue weighted by Gasteiger charge is 2.48. The van der Waals surface area contributed by atoms with E-state index in [0.717, 1.165) is 6.21 Å². The molecule has 0 bridgehead atoms. The number of hydrogen-bond acceptors (Lipinski definition) is 6. The maximum absolute atomic E-state index is 15.7. The first-order valence-electron chi connectivity index (χ1n) is 13.9. The molecule has 43 heavy (non-hydrogen) atoms. The van der Waals surface area contributed by atoms with E-state index in [-0.39, 0.29) is 36.4 Å². The van der Waals surface area contributed by atoms with Crippen molar-refractivity contribution in [2.24, 2.45) is 10.9 Å². The van der Waals surface area contributed by atoms with Crippen LogP contribution in [0.3, 0.4) is 0 Å². The van der Waals surface area contributed by atoms with Crippen LogP contribution in [-0.4, -0.2) is 97.7 Å². The Bertz CT molecular complexity index is 1390. The summed E-state index contributed by atoms with van der Waals surface area (Å²) in [6.45, 7) is 4.98. The number of benzene rings is 1. The van der Waals surface area contributed by atoms with Crippen LogP contribution in [0.15, 0.2) is 34.9 Å². The molecule has 1 aromatic rings. The summed E-state index contributed by atoms with van der Waals surface area (Å²) in [4.78, 5) is 46.2. The van der Waals surface area contributed by atoms with E-state index >= 15 is 4.39 Å². The average molecular weight is 610 g/mol. The number of rotatable bonds is 6. The number of dihydropyridines is 1. The summed E-state index contributed by atoms with van der Waals surface area (Å²) in [6.07, 6.45) is -2.75. The van der Waals surface area contributed by atoms with Crippen molar-refractivity contribution in [3.8, 4) is 0 Å². The summed E-state index contributed by atoms with van der Waals surface area (Å²) in [5, 5.41) is 2.65. The SMILES string of the molecule is C[C@@H]1CN(c2cc(F)c(C3=CCN(C(=O)OC4CC(F)(F)C4)C3)cc2NC(=O)C2C=NC(=O)C=C2C(F)F)C[C@H](C)N1C. The van der Waals surface area contributed by atoms with Crippen LogP contribution in [0.2, 0.25) is 0 Å². The zero-order chi connectivity index (χ0) is 31.2. The summed E-state index contributed by atoms with van der Waals surface area (Å²) in [5.74, 6) is -6.77. The molecule has 5 rings (SSSR count). The molecule has 3 heterocycles. The van der Waals surface area contributed by atoms with E-state index in [2.05, 4.69) is 15.2 Å². The van der Waals surface area contributed by atoms with Crippen molar-refractivity contribution >= 4 is 41.1 Å². The Balaban J connectivity index is 1.41. The van der Waals surface area contributed by atoms with Gasteiger partial charge in [-0.2, -0.15) is 0 Å². The summed E-state index contributed by atoms with van der Waals surface area (Å²) in [7, 11) is 1.97. The predicted molar refractivity (Wildman–Crippen MR) is 149 cm³/mol. The molecule has 0 radical (unpaired) electrons. The Morgan fingerprint density at radius 2 is 1.81 bits per heavy atom. The van der Waals surface area contributed by atoms with Crippen LogP contribution in [0.5, 0.6) is 0 Å². The maximum atomic E-state index is 15.7. The van der Waals surface area contributed by atoms with E-state index in [1.165, 1.54) is 17.0 Å². The number of anilines is 2. The van der Waals surface area contributed by atoms with E-state index in [1.54, 1.807) is 6.08 Å². The Labute approximate surface area is 245 Å². The lowest BCUT2D eigenvalue weighted by molar-refractivity contribution is -0.147. The largest absolute Gasteiger partial charge is 0.446 e. The number of nitrogens with zero attached hydrogens (tertiary/aromatic N) is 4.